The van der Waals surface area contributed by atoms with E-state index in [4.69, 9.17) is 16.3 Å². The van der Waals surface area contributed by atoms with Crippen molar-refractivity contribution in [3.8, 4) is 5.75 Å². The Hall–Kier alpha value is -2.99. The number of carbonyl (C=O) groups is 4. The van der Waals surface area contributed by atoms with Gasteiger partial charge in [0.15, 0.2) is 6.61 Å². The maximum absolute atomic E-state index is 13.2. The molecule has 0 unspecified atom stereocenters. The van der Waals surface area contributed by atoms with Gasteiger partial charge >= 0.3 is 6.03 Å². The molecule has 1 aliphatic rings. The van der Waals surface area contributed by atoms with Crippen LogP contribution in [0.25, 0.3) is 6.08 Å². The molecule has 4 rings (SSSR count). The molecule has 2 N–H and O–H groups in total. The van der Waals surface area contributed by atoms with Gasteiger partial charge in [0.2, 0.25) is 0 Å². The number of nitrogens with zero attached hydrogens (tertiary/aromatic N) is 1. The molecular formula is C25H15Br3ClN3O5. The second-order valence-electron chi connectivity index (χ2n) is 7.58. The molecule has 1 heterocycles. The van der Waals surface area contributed by atoms with Crippen LogP contribution in [0.2, 0.25) is 5.02 Å². The van der Waals surface area contributed by atoms with Gasteiger partial charge in [-0.2, -0.15) is 0 Å². The van der Waals surface area contributed by atoms with Gasteiger partial charge in [-0.15, -0.1) is 0 Å². The average Bonchev–Trinajstić information content (AvgIpc) is 2.83. The number of nitrogens with one attached hydrogen (secondary N) is 2. The summed E-state index contributed by atoms with van der Waals surface area (Å²) in [5.74, 6) is -1.88. The molecule has 1 saturated heterocycles. The van der Waals surface area contributed by atoms with Crippen molar-refractivity contribution in [2.24, 2.45) is 0 Å². The minimum absolute atomic E-state index is 0.217. The van der Waals surface area contributed by atoms with Gasteiger partial charge in [0.05, 0.1) is 10.2 Å². The van der Waals surface area contributed by atoms with Crippen LogP contribution in [0, 0.1) is 0 Å². The quantitative estimate of drug-likeness (QED) is 0.230. The Kier molecular flexibility index (Phi) is 8.48. The number of amides is 5. The first-order chi connectivity index (χ1) is 17.6. The first kappa shape index (κ1) is 27.1. The third-order valence-electron chi connectivity index (χ3n) is 5.00. The van der Waals surface area contributed by atoms with Crippen LogP contribution < -0.4 is 20.3 Å². The number of urea groups is 1. The van der Waals surface area contributed by atoms with Crippen molar-refractivity contribution in [3.63, 3.8) is 0 Å². The van der Waals surface area contributed by atoms with Crippen LogP contribution in [0.3, 0.4) is 0 Å². The first-order valence-electron chi connectivity index (χ1n) is 10.5. The van der Waals surface area contributed by atoms with Crippen LogP contribution in [0.5, 0.6) is 5.75 Å². The molecule has 0 atom stereocenters. The summed E-state index contributed by atoms with van der Waals surface area (Å²) in [5.41, 5.74) is 0.861. The van der Waals surface area contributed by atoms with Gasteiger partial charge in [-0.25, -0.2) is 9.69 Å². The lowest BCUT2D eigenvalue weighted by molar-refractivity contribution is -0.122. The minimum atomic E-state index is -0.861. The van der Waals surface area contributed by atoms with Crippen LogP contribution in [-0.2, 0) is 14.4 Å². The number of barbiturate groups is 1. The van der Waals surface area contributed by atoms with Crippen LogP contribution in [0.4, 0.5) is 16.2 Å². The fourth-order valence-corrected chi connectivity index (χ4v) is 5.11. The number of rotatable bonds is 6. The predicted molar refractivity (Wildman–Crippen MR) is 151 cm³/mol. The molecule has 0 spiro atoms. The van der Waals surface area contributed by atoms with E-state index in [0.717, 1.165) is 9.37 Å². The summed E-state index contributed by atoms with van der Waals surface area (Å²) in [6.07, 6.45) is 1.30. The molecule has 188 valence electrons. The van der Waals surface area contributed by atoms with Crippen molar-refractivity contribution in [1.29, 1.82) is 0 Å². The number of benzene rings is 3. The van der Waals surface area contributed by atoms with Crippen molar-refractivity contribution >= 4 is 101 Å². The SMILES string of the molecule is O=C(COc1c(Br)cc(Br)cc1/C=C1\C(=O)NC(=O)N(c2ccc(Br)cc2)C1=O)Nc1ccc(Cl)cc1. The number of carbonyl (C=O) groups excluding carboxylic acids is 4. The molecule has 1 aliphatic heterocycles. The van der Waals surface area contributed by atoms with Crippen molar-refractivity contribution in [2.45, 2.75) is 0 Å². The standard InChI is InChI=1S/C25H15Br3ClN3O5/c26-14-1-7-18(8-2-14)32-24(35)19(23(34)31-25(32)36)10-13-9-15(27)11-20(28)22(13)37-12-21(33)30-17-5-3-16(29)4-6-17/h1-11H,12H2,(H,30,33)(H,31,34,36)/b19-10+. The number of imide groups is 2. The average molecular weight is 713 g/mol. The Bertz CT molecular complexity index is 1440. The molecule has 0 bridgehead atoms. The van der Waals surface area contributed by atoms with E-state index in [0.29, 0.717) is 25.2 Å². The maximum Gasteiger partial charge on any atom is 0.335 e. The third kappa shape index (κ3) is 6.48. The fraction of sp³-hybridized carbons (Fsp3) is 0.0400. The topological polar surface area (TPSA) is 105 Å². The molecule has 5 amide bonds. The van der Waals surface area contributed by atoms with E-state index < -0.39 is 23.8 Å². The van der Waals surface area contributed by atoms with Crippen molar-refractivity contribution in [1.82, 2.24) is 5.32 Å². The summed E-state index contributed by atoms with van der Waals surface area (Å²) in [5, 5.41) is 5.41. The van der Waals surface area contributed by atoms with E-state index in [-0.39, 0.29) is 23.6 Å². The molecule has 3 aromatic rings. The number of hydrogen-bond donors (Lipinski definition) is 2. The molecule has 37 heavy (non-hydrogen) atoms. The number of ether oxygens (including phenoxy) is 1. The Labute approximate surface area is 241 Å². The van der Waals surface area contributed by atoms with E-state index in [9.17, 15) is 19.2 Å². The number of hydrogen-bond acceptors (Lipinski definition) is 5. The maximum atomic E-state index is 13.2. The number of anilines is 2. The largest absolute Gasteiger partial charge is 0.482 e. The minimum Gasteiger partial charge on any atom is -0.482 e. The Morgan fingerprint density at radius 2 is 1.65 bits per heavy atom. The lowest BCUT2D eigenvalue weighted by atomic mass is 10.1. The molecule has 0 radical (unpaired) electrons. The van der Waals surface area contributed by atoms with Crippen LogP contribution >= 0.6 is 59.4 Å². The zero-order valence-electron chi connectivity index (χ0n) is 18.6. The smallest absolute Gasteiger partial charge is 0.335 e. The lowest BCUT2D eigenvalue weighted by Gasteiger charge is -2.26. The second-order valence-corrected chi connectivity index (χ2v) is 10.7. The first-order valence-corrected chi connectivity index (χ1v) is 13.2. The van der Waals surface area contributed by atoms with Crippen LogP contribution in [0.1, 0.15) is 5.56 Å². The van der Waals surface area contributed by atoms with Gasteiger partial charge in [0, 0.05) is 25.2 Å². The van der Waals surface area contributed by atoms with E-state index in [1.807, 2.05) is 0 Å². The summed E-state index contributed by atoms with van der Waals surface area (Å²) in [6.45, 7) is -0.358. The van der Waals surface area contributed by atoms with Crippen molar-refractivity contribution in [3.05, 3.63) is 90.2 Å². The van der Waals surface area contributed by atoms with Gasteiger partial charge < -0.3 is 10.1 Å². The summed E-state index contributed by atoms with van der Waals surface area (Å²) < 4.78 is 7.61. The summed E-state index contributed by atoms with van der Waals surface area (Å²) >= 11 is 16.0. The highest BCUT2D eigenvalue weighted by Crippen LogP contribution is 2.35. The van der Waals surface area contributed by atoms with E-state index in [1.54, 1.807) is 60.7 Å². The van der Waals surface area contributed by atoms with Crippen molar-refractivity contribution in [2.75, 3.05) is 16.8 Å². The van der Waals surface area contributed by atoms with E-state index in [2.05, 4.69) is 58.4 Å². The molecule has 1 fully saturated rings. The predicted octanol–water partition coefficient (Wildman–Crippen LogP) is 6.31. The van der Waals surface area contributed by atoms with E-state index >= 15 is 0 Å². The normalized spacial score (nSPS) is 14.5. The molecule has 0 aromatic heterocycles. The molecule has 8 nitrogen and oxygen atoms in total. The zero-order chi connectivity index (χ0) is 26.7. The molecule has 0 saturated carbocycles. The highest BCUT2D eigenvalue weighted by atomic mass is 79.9. The zero-order valence-corrected chi connectivity index (χ0v) is 24.1. The molecule has 12 heteroatoms. The van der Waals surface area contributed by atoms with Gasteiger partial charge in [-0.05, 0) is 82.7 Å². The fourth-order valence-electron chi connectivity index (χ4n) is 3.35. The molecular weight excluding hydrogens is 697 g/mol. The number of halogens is 4. The molecule has 3 aromatic carbocycles. The second kappa shape index (κ2) is 11.6. The third-order valence-corrected chi connectivity index (χ3v) is 6.83. The Morgan fingerprint density at radius 1 is 0.973 bits per heavy atom. The molecule has 0 aliphatic carbocycles. The summed E-state index contributed by atoms with van der Waals surface area (Å²) in [4.78, 5) is 51.6. The van der Waals surface area contributed by atoms with Gasteiger partial charge in [0.25, 0.3) is 17.7 Å². The van der Waals surface area contributed by atoms with Gasteiger partial charge in [-0.3, -0.25) is 19.7 Å². The van der Waals surface area contributed by atoms with Gasteiger partial charge in [-0.1, -0.05) is 43.5 Å². The Balaban J connectivity index is 1.61. The van der Waals surface area contributed by atoms with Gasteiger partial charge in [0.1, 0.15) is 11.3 Å². The Morgan fingerprint density at radius 3 is 2.32 bits per heavy atom. The van der Waals surface area contributed by atoms with Crippen LogP contribution in [0.15, 0.2) is 79.7 Å². The monoisotopic (exact) mass is 709 g/mol. The van der Waals surface area contributed by atoms with Crippen LogP contribution in [-0.4, -0.2) is 30.4 Å². The van der Waals surface area contributed by atoms with Crippen molar-refractivity contribution < 1.29 is 23.9 Å². The summed E-state index contributed by atoms with van der Waals surface area (Å²) in [7, 11) is 0. The highest BCUT2D eigenvalue weighted by Gasteiger charge is 2.37. The highest BCUT2D eigenvalue weighted by molar-refractivity contribution is 9.11. The lowest BCUT2D eigenvalue weighted by Crippen LogP contribution is -2.54. The summed E-state index contributed by atoms with van der Waals surface area (Å²) in [6, 6.07) is 15.5. The van der Waals surface area contributed by atoms with E-state index in [1.165, 1.54) is 6.08 Å².